The Balaban J connectivity index is 2.11. The molecule has 0 spiro atoms. The number of benzene rings is 1. The van der Waals surface area contributed by atoms with Crippen LogP contribution >= 0.6 is 0 Å². The Morgan fingerprint density at radius 3 is 2.67 bits per heavy atom. The van der Waals surface area contributed by atoms with Crippen LogP contribution in [0.25, 0.3) is 0 Å². The average molecular weight is 210 g/mol. The molecule has 3 nitrogen and oxygen atoms in total. The summed E-state index contributed by atoms with van der Waals surface area (Å²) in [6, 6.07) is 9.92. The van der Waals surface area contributed by atoms with Gasteiger partial charge in [0, 0.05) is 13.7 Å². The molecule has 1 rings (SSSR count). The summed E-state index contributed by atoms with van der Waals surface area (Å²) >= 11 is 0. The van der Waals surface area contributed by atoms with E-state index in [1.165, 1.54) is 0 Å². The van der Waals surface area contributed by atoms with Crippen LogP contribution in [-0.2, 0) is 16.1 Å². The highest BCUT2D eigenvalue weighted by Crippen LogP contribution is 2.01. The molecule has 3 heteroatoms. The number of aliphatic hydroxyl groups is 1. The van der Waals surface area contributed by atoms with Crippen LogP contribution in [0.4, 0.5) is 0 Å². The van der Waals surface area contributed by atoms with Gasteiger partial charge in [0.15, 0.2) is 0 Å². The maximum absolute atomic E-state index is 9.45. The van der Waals surface area contributed by atoms with E-state index in [9.17, 15) is 5.11 Å². The molecule has 1 unspecified atom stereocenters. The Hall–Kier alpha value is -0.900. The minimum absolute atomic E-state index is 0.359. The topological polar surface area (TPSA) is 38.7 Å². The van der Waals surface area contributed by atoms with Gasteiger partial charge in [0.1, 0.15) is 0 Å². The standard InChI is InChI=1S/C12H18O3/c1-14-8-7-12(13)10-15-9-11-5-3-2-4-6-11/h2-6,12-13H,7-10H2,1H3. The van der Waals surface area contributed by atoms with Crippen LogP contribution in [0.3, 0.4) is 0 Å². The van der Waals surface area contributed by atoms with Gasteiger partial charge in [0.05, 0.1) is 19.3 Å². The molecule has 0 aliphatic carbocycles. The van der Waals surface area contributed by atoms with Crippen LogP contribution in [0.2, 0.25) is 0 Å². The van der Waals surface area contributed by atoms with Gasteiger partial charge in [-0.3, -0.25) is 0 Å². The van der Waals surface area contributed by atoms with Crippen molar-refractivity contribution in [1.82, 2.24) is 0 Å². The van der Waals surface area contributed by atoms with Crippen molar-refractivity contribution in [2.75, 3.05) is 20.3 Å². The molecule has 1 aromatic rings. The monoisotopic (exact) mass is 210 g/mol. The van der Waals surface area contributed by atoms with Crippen molar-refractivity contribution in [1.29, 1.82) is 0 Å². The van der Waals surface area contributed by atoms with Crippen molar-refractivity contribution >= 4 is 0 Å². The molecule has 0 saturated heterocycles. The summed E-state index contributed by atoms with van der Waals surface area (Å²) in [4.78, 5) is 0. The lowest BCUT2D eigenvalue weighted by Crippen LogP contribution is -2.17. The molecular weight excluding hydrogens is 192 g/mol. The molecule has 0 bridgehead atoms. The van der Waals surface area contributed by atoms with Gasteiger partial charge in [0.25, 0.3) is 0 Å². The highest BCUT2D eigenvalue weighted by molar-refractivity contribution is 5.13. The molecule has 0 aliphatic rings. The van der Waals surface area contributed by atoms with Gasteiger partial charge in [-0.25, -0.2) is 0 Å². The first-order valence-corrected chi connectivity index (χ1v) is 5.11. The number of hydrogen-bond donors (Lipinski definition) is 1. The molecule has 84 valence electrons. The maximum atomic E-state index is 9.45. The second kappa shape index (κ2) is 7.40. The Morgan fingerprint density at radius 1 is 1.27 bits per heavy atom. The second-order valence-electron chi connectivity index (χ2n) is 3.44. The summed E-state index contributed by atoms with van der Waals surface area (Å²) in [5.74, 6) is 0. The molecular formula is C12H18O3. The van der Waals surface area contributed by atoms with E-state index in [1.807, 2.05) is 30.3 Å². The van der Waals surface area contributed by atoms with Crippen LogP contribution in [0.1, 0.15) is 12.0 Å². The van der Waals surface area contributed by atoms with Crippen molar-refractivity contribution in [2.45, 2.75) is 19.1 Å². The molecule has 1 atom stereocenters. The smallest absolute Gasteiger partial charge is 0.0795 e. The number of ether oxygens (including phenoxy) is 2. The van der Waals surface area contributed by atoms with Crippen LogP contribution in [0.15, 0.2) is 30.3 Å². The van der Waals surface area contributed by atoms with Crippen LogP contribution in [0, 0.1) is 0 Å². The number of aliphatic hydroxyl groups excluding tert-OH is 1. The van der Waals surface area contributed by atoms with E-state index >= 15 is 0 Å². The summed E-state index contributed by atoms with van der Waals surface area (Å²) in [5.41, 5.74) is 1.12. The first kappa shape index (κ1) is 12.2. The predicted molar refractivity (Wildman–Crippen MR) is 58.6 cm³/mol. The van der Waals surface area contributed by atoms with Crippen molar-refractivity contribution < 1.29 is 14.6 Å². The fraction of sp³-hybridized carbons (Fsp3) is 0.500. The van der Waals surface area contributed by atoms with Crippen molar-refractivity contribution in [2.24, 2.45) is 0 Å². The Labute approximate surface area is 90.6 Å². The van der Waals surface area contributed by atoms with Gasteiger partial charge in [-0.2, -0.15) is 0 Å². The minimum atomic E-state index is -0.436. The molecule has 0 radical (unpaired) electrons. The number of hydrogen-bond acceptors (Lipinski definition) is 3. The maximum Gasteiger partial charge on any atom is 0.0795 e. The molecule has 1 N–H and O–H groups in total. The molecule has 0 saturated carbocycles. The van der Waals surface area contributed by atoms with E-state index in [4.69, 9.17) is 9.47 Å². The van der Waals surface area contributed by atoms with Crippen molar-refractivity contribution in [3.05, 3.63) is 35.9 Å². The Bertz CT molecular complexity index is 248. The highest BCUT2D eigenvalue weighted by Gasteiger charge is 2.03. The normalized spacial score (nSPS) is 12.7. The largest absolute Gasteiger partial charge is 0.391 e. The second-order valence-corrected chi connectivity index (χ2v) is 3.44. The fourth-order valence-corrected chi connectivity index (χ4v) is 1.22. The first-order chi connectivity index (χ1) is 7.33. The van der Waals surface area contributed by atoms with Crippen LogP contribution in [-0.4, -0.2) is 31.5 Å². The van der Waals surface area contributed by atoms with Crippen molar-refractivity contribution in [3.8, 4) is 0 Å². The number of methoxy groups -OCH3 is 1. The van der Waals surface area contributed by atoms with E-state index in [1.54, 1.807) is 7.11 Å². The Morgan fingerprint density at radius 2 is 2.00 bits per heavy atom. The van der Waals surface area contributed by atoms with E-state index in [0.29, 0.717) is 26.2 Å². The van der Waals surface area contributed by atoms with Gasteiger partial charge >= 0.3 is 0 Å². The first-order valence-electron chi connectivity index (χ1n) is 5.11. The average Bonchev–Trinajstić information content (AvgIpc) is 2.28. The summed E-state index contributed by atoms with van der Waals surface area (Å²) in [6.07, 6.45) is 0.180. The molecule has 0 aromatic heterocycles. The lowest BCUT2D eigenvalue weighted by molar-refractivity contribution is 0.0127. The SMILES string of the molecule is COCCC(O)COCc1ccccc1. The zero-order chi connectivity index (χ0) is 10.9. The summed E-state index contributed by atoms with van der Waals surface area (Å²) in [7, 11) is 1.62. The molecule has 0 aliphatic heterocycles. The van der Waals surface area contributed by atoms with Crippen LogP contribution in [0.5, 0.6) is 0 Å². The third-order valence-electron chi connectivity index (χ3n) is 2.08. The van der Waals surface area contributed by atoms with E-state index < -0.39 is 6.10 Å². The van der Waals surface area contributed by atoms with E-state index in [2.05, 4.69) is 0 Å². The summed E-state index contributed by atoms with van der Waals surface area (Å²) in [6.45, 7) is 1.47. The zero-order valence-electron chi connectivity index (χ0n) is 9.06. The summed E-state index contributed by atoms with van der Waals surface area (Å²) in [5, 5.41) is 9.45. The zero-order valence-corrected chi connectivity index (χ0v) is 9.06. The minimum Gasteiger partial charge on any atom is -0.391 e. The number of rotatable bonds is 7. The third kappa shape index (κ3) is 5.52. The van der Waals surface area contributed by atoms with Crippen molar-refractivity contribution in [3.63, 3.8) is 0 Å². The predicted octanol–water partition coefficient (Wildman–Crippen LogP) is 1.60. The molecule has 0 amide bonds. The fourth-order valence-electron chi connectivity index (χ4n) is 1.22. The van der Waals surface area contributed by atoms with E-state index in [0.717, 1.165) is 5.56 Å². The molecule has 1 aromatic carbocycles. The van der Waals surface area contributed by atoms with Gasteiger partial charge in [-0.05, 0) is 12.0 Å². The summed E-state index contributed by atoms with van der Waals surface area (Å²) < 4.78 is 10.2. The third-order valence-corrected chi connectivity index (χ3v) is 2.08. The van der Waals surface area contributed by atoms with Gasteiger partial charge in [0.2, 0.25) is 0 Å². The lowest BCUT2D eigenvalue weighted by atomic mass is 10.2. The highest BCUT2D eigenvalue weighted by atomic mass is 16.5. The Kier molecular flexibility index (Phi) is 6.00. The van der Waals surface area contributed by atoms with Gasteiger partial charge < -0.3 is 14.6 Å². The lowest BCUT2D eigenvalue weighted by Gasteiger charge is -2.10. The quantitative estimate of drug-likeness (QED) is 0.743. The molecule has 0 heterocycles. The van der Waals surface area contributed by atoms with E-state index in [-0.39, 0.29) is 0 Å². The van der Waals surface area contributed by atoms with Gasteiger partial charge in [-0.1, -0.05) is 30.3 Å². The molecule has 15 heavy (non-hydrogen) atoms. The van der Waals surface area contributed by atoms with Crippen LogP contribution < -0.4 is 0 Å². The van der Waals surface area contributed by atoms with Gasteiger partial charge in [-0.15, -0.1) is 0 Å². The molecule has 0 fully saturated rings.